The summed E-state index contributed by atoms with van der Waals surface area (Å²) in [5.41, 5.74) is 1.38. The van der Waals surface area contributed by atoms with E-state index in [0.717, 1.165) is 11.4 Å². The van der Waals surface area contributed by atoms with E-state index in [1.165, 1.54) is 12.1 Å². The summed E-state index contributed by atoms with van der Waals surface area (Å²) in [5, 5.41) is 17.0. The number of benzene rings is 1. The second-order valence-corrected chi connectivity index (χ2v) is 5.45. The van der Waals surface area contributed by atoms with Gasteiger partial charge in [0.15, 0.2) is 0 Å². The number of nitrogens with zero attached hydrogens (tertiary/aromatic N) is 3. The van der Waals surface area contributed by atoms with Gasteiger partial charge in [-0.3, -0.25) is 10.1 Å². The molecule has 0 saturated heterocycles. The third-order valence-electron chi connectivity index (χ3n) is 3.14. The smallest absolute Gasteiger partial charge is 0.271 e. The second kappa shape index (κ2) is 5.49. The van der Waals surface area contributed by atoms with E-state index in [1.54, 1.807) is 23.6 Å². The van der Waals surface area contributed by atoms with Crippen molar-refractivity contribution >= 4 is 34.0 Å². The van der Waals surface area contributed by atoms with E-state index in [-0.39, 0.29) is 11.7 Å². The summed E-state index contributed by atoms with van der Waals surface area (Å²) in [6, 6.07) is 4.64. The lowest BCUT2D eigenvalue weighted by molar-refractivity contribution is -0.384. The minimum Gasteiger partial charge on any atom is -0.347 e. The molecule has 1 atom stereocenters. The molecular formula is C13H13N5O2S. The molecule has 0 aliphatic rings. The molecule has 2 aromatic heterocycles. The molecular weight excluding hydrogens is 290 g/mol. The Labute approximate surface area is 124 Å². The molecule has 0 aliphatic carbocycles. The normalized spacial score (nSPS) is 12.4. The van der Waals surface area contributed by atoms with Crippen LogP contribution in [0.1, 0.15) is 24.4 Å². The average Bonchev–Trinajstić information content (AvgIpc) is 3.12. The maximum atomic E-state index is 10.8. The number of hydrogen-bond donors (Lipinski definition) is 2. The lowest BCUT2D eigenvalue weighted by Crippen LogP contribution is -2.10. The topological polar surface area (TPSA) is 96.7 Å². The highest BCUT2D eigenvalue weighted by Gasteiger charge is 2.15. The van der Waals surface area contributed by atoms with E-state index in [4.69, 9.17) is 0 Å². The number of H-pyrrole nitrogens is 1. The summed E-state index contributed by atoms with van der Waals surface area (Å²) in [6.07, 6.45) is 2.64. The zero-order valence-electron chi connectivity index (χ0n) is 11.2. The Kier molecular flexibility index (Phi) is 3.53. The summed E-state index contributed by atoms with van der Waals surface area (Å²) < 4.78 is 0. The maximum Gasteiger partial charge on any atom is 0.271 e. The molecule has 2 N–H and O–H groups in total. The number of fused-ring (bicyclic) bond motifs is 1. The van der Waals surface area contributed by atoms with Crippen molar-refractivity contribution in [2.24, 2.45) is 0 Å². The van der Waals surface area contributed by atoms with Gasteiger partial charge in [0.05, 0.1) is 22.0 Å². The monoisotopic (exact) mass is 303 g/mol. The van der Waals surface area contributed by atoms with Crippen molar-refractivity contribution in [3.8, 4) is 0 Å². The summed E-state index contributed by atoms with van der Waals surface area (Å²) in [6.45, 7) is 2.06. The minimum atomic E-state index is -0.419. The van der Waals surface area contributed by atoms with Crippen LogP contribution >= 0.6 is 11.3 Å². The van der Waals surface area contributed by atoms with Crippen LogP contribution in [-0.4, -0.2) is 19.9 Å². The summed E-state index contributed by atoms with van der Waals surface area (Å²) in [5.74, 6) is 0.590. The number of nitrogens with one attached hydrogen (secondary N) is 2. The average molecular weight is 303 g/mol. The highest BCUT2D eigenvalue weighted by atomic mass is 32.1. The van der Waals surface area contributed by atoms with Crippen molar-refractivity contribution in [2.75, 3.05) is 5.32 Å². The Morgan fingerprint density at radius 2 is 2.38 bits per heavy atom. The Bertz CT molecular complexity index is 768. The highest BCUT2D eigenvalue weighted by molar-refractivity contribution is 7.09. The number of imidazole rings is 1. The number of anilines is 1. The van der Waals surface area contributed by atoms with Gasteiger partial charge in [-0.15, -0.1) is 11.3 Å². The van der Waals surface area contributed by atoms with Crippen molar-refractivity contribution in [3.63, 3.8) is 0 Å². The summed E-state index contributed by atoms with van der Waals surface area (Å²) >= 11 is 1.58. The molecule has 3 aromatic rings. The maximum absolute atomic E-state index is 10.8. The molecule has 3 rings (SSSR count). The number of thiazole rings is 1. The lowest BCUT2D eigenvalue weighted by Gasteiger charge is -2.12. The van der Waals surface area contributed by atoms with Crippen molar-refractivity contribution in [3.05, 3.63) is 44.9 Å². The van der Waals surface area contributed by atoms with Crippen molar-refractivity contribution in [2.45, 2.75) is 19.4 Å². The van der Waals surface area contributed by atoms with Gasteiger partial charge in [0, 0.05) is 23.7 Å². The van der Waals surface area contributed by atoms with Crippen LogP contribution in [0.15, 0.2) is 29.8 Å². The van der Waals surface area contributed by atoms with E-state index in [1.807, 2.05) is 5.38 Å². The van der Waals surface area contributed by atoms with E-state index in [9.17, 15) is 10.1 Å². The number of aromatic nitrogens is 3. The Hall–Kier alpha value is -2.48. The van der Waals surface area contributed by atoms with Crippen LogP contribution in [0.25, 0.3) is 11.0 Å². The van der Waals surface area contributed by atoms with Gasteiger partial charge in [0.2, 0.25) is 5.95 Å². The fourth-order valence-corrected chi connectivity index (χ4v) is 2.86. The van der Waals surface area contributed by atoms with Gasteiger partial charge in [-0.25, -0.2) is 9.97 Å². The first-order valence-electron chi connectivity index (χ1n) is 6.47. The van der Waals surface area contributed by atoms with Crippen LogP contribution in [0.4, 0.5) is 11.6 Å². The van der Waals surface area contributed by atoms with Crippen molar-refractivity contribution < 1.29 is 4.92 Å². The standard InChI is InChI=1S/C13H13N5O2S/c1-2-9(12-14-5-6-21-12)15-13-16-10-4-3-8(18(19)20)7-11(10)17-13/h3-7,9H,2H2,1H3,(H2,15,16,17). The first kappa shape index (κ1) is 13.5. The van der Waals surface area contributed by atoms with Crippen molar-refractivity contribution in [1.29, 1.82) is 0 Å². The molecule has 1 unspecified atom stereocenters. The largest absolute Gasteiger partial charge is 0.347 e. The quantitative estimate of drug-likeness (QED) is 0.555. The van der Waals surface area contributed by atoms with Crippen LogP contribution < -0.4 is 5.32 Å². The third-order valence-corrected chi connectivity index (χ3v) is 4.03. The molecule has 7 nitrogen and oxygen atoms in total. The molecule has 2 heterocycles. The van der Waals surface area contributed by atoms with Gasteiger partial charge in [0.1, 0.15) is 5.01 Å². The van der Waals surface area contributed by atoms with E-state index >= 15 is 0 Å². The van der Waals surface area contributed by atoms with Gasteiger partial charge in [-0.05, 0) is 12.5 Å². The van der Waals surface area contributed by atoms with Crippen LogP contribution in [0, 0.1) is 10.1 Å². The van der Waals surface area contributed by atoms with Crippen LogP contribution in [-0.2, 0) is 0 Å². The molecule has 0 spiro atoms. The van der Waals surface area contributed by atoms with Crippen LogP contribution in [0.2, 0.25) is 0 Å². The van der Waals surface area contributed by atoms with E-state index < -0.39 is 4.92 Å². The fourth-order valence-electron chi connectivity index (χ4n) is 2.09. The van der Waals surface area contributed by atoms with Gasteiger partial charge >= 0.3 is 0 Å². The molecule has 0 bridgehead atoms. The molecule has 8 heteroatoms. The van der Waals surface area contributed by atoms with E-state index in [0.29, 0.717) is 17.0 Å². The molecule has 0 amide bonds. The number of hydrogen-bond acceptors (Lipinski definition) is 6. The predicted molar refractivity (Wildman–Crippen MR) is 81.5 cm³/mol. The first-order chi connectivity index (χ1) is 10.2. The van der Waals surface area contributed by atoms with E-state index in [2.05, 4.69) is 27.2 Å². The lowest BCUT2D eigenvalue weighted by atomic mass is 10.2. The summed E-state index contributed by atoms with van der Waals surface area (Å²) in [4.78, 5) is 22.1. The minimum absolute atomic E-state index is 0.0460. The second-order valence-electron chi connectivity index (χ2n) is 4.52. The molecule has 21 heavy (non-hydrogen) atoms. The molecule has 108 valence electrons. The van der Waals surface area contributed by atoms with Crippen LogP contribution in [0.5, 0.6) is 0 Å². The molecule has 1 aromatic carbocycles. The number of aromatic amines is 1. The fraction of sp³-hybridized carbons (Fsp3) is 0.231. The molecule has 0 fully saturated rings. The van der Waals surface area contributed by atoms with Gasteiger partial charge in [-0.1, -0.05) is 6.92 Å². The predicted octanol–water partition coefficient (Wildman–Crippen LogP) is 3.49. The van der Waals surface area contributed by atoms with Crippen molar-refractivity contribution in [1.82, 2.24) is 15.0 Å². The highest BCUT2D eigenvalue weighted by Crippen LogP contribution is 2.25. The molecule has 0 saturated carbocycles. The van der Waals surface area contributed by atoms with Gasteiger partial charge in [-0.2, -0.15) is 0 Å². The number of nitro groups is 1. The Morgan fingerprint density at radius 1 is 1.52 bits per heavy atom. The molecule has 0 radical (unpaired) electrons. The number of rotatable bonds is 5. The van der Waals surface area contributed by atoms with Gasteiger partial charge in [0.25, 0.3) is 5.69 Å². The summed E-state index contributed by atoms with van der Waals surface area (Å²) in [7, 11) is 0. The van der Waals surface area contributed by atoms with Crippen LogP contribution in [0.3, 0.4) is 0 Å². The number of non-ortho nitro benzene ring substituents is 1. The zero-order chi connectivity index (χ0) is 14.8. The third kappa shape index (κ3) is 2.70. The Balaban J connectivity index is 1.88. The first-order valence-corrected chi connectivity index (χ1v) is 7.35. The Morgan fingerprint density at radius 3 is 3.05 bits per heavy atom. The van der Waals surface area contributed by atoms with Gasteiger partial charge < -0.3 is 10.3 Å². The number of nitro benzene ring substituents is 1. The SMILES string of the molecule is CCC(Nc1nc2ccc([N+](=O)[O-])cc2[nH]1)c1nccs1. The zero-order valence-corrected chi connectivity index (χ0v) is 12.1. The molecule has 0 aliphatic heterocycles.